The van der Waals surface area contributed by atoms with Crippen molar-refractivity contribution in [3.63, 3.8) is 0 Å². The Morgan fingerprint density at radius 2 is 2.11 bits per heavy atom. The Morgan fingerprint density at radius 3 is 2.74 bits per heavy atom. The highest BCUT2D eigenvalue weighted by Gasteiger charge is 2.33. The lowest BCUT2D eigenvalue weighted by Crippen LogP contribution is -2.47. The molecule has 0 bridgehead atoms. The van der Waals surface area contributed by atoms with E-state index in [-0.39, 0.29) is 35.0 Å². The number of hydrogen-bond donors (Lipinski definition) is 1. The second kappa shape index (κ2) is 6.40. The van der Waals surface area contributed by atoms with Crippen LogP contribution in [0.2, 0.25) is 0 Å². The molecule has 27 heavy (non-hydrogen) atoms. The number of carboxylic acid groups (broad SMARTS) is 1. The fraction of sp³-hybridized carbons (Fsp3) is 0.250. The summed E-state index contributed by atoms with van der Waals surface area (Å²) in [5.74, 6) is -1.38. The van der Waals surface area contributed by atoms with Crippen LogP contribution in [0, 0.1) is 30.0 Å². The molecule has 1 fully saturated rings. The number of carbonyl (C=O) groups is 1. The van der Waals surface area contributed by atoms with E-state index in [1.807, 2.05) is 6.07 Å². The summed E-state index contributed by atoms with van der Waals surface area (Å²) < 4.78 is 20.9. The molecule has 0 amide bonds. The fourth-order valence-electron chi connectivity index (χ4n) is 3.53. The second-order valence-electron chi connectivity index (χ2n) is 6.71. The summed E-state index contributed by atoms with van der Waals surface area (Å²) in [7, 11) is 0. The molecule has 0 atom stereocenters. The average molecular weight is 365 g/mol. The molecule has 1 aromatic heterocycles. The number of benzene rings is 2. The third kappa shape index (κ3) is 2.79. The summed E-state index contributed by atoms with van der Waals surface area (Å²) in [6.07, 6.45) is 0.0752. The lowest BCUT2D eigenvalue weighted by molar-refractivity contribution is -0.138. The SMILES string of the molecule is Cc1c(-c2ccccc2)c(F)c2oc(N3CC(CC(=O)O)C3)nc2c1C#N. The Kier molecular flexibility index (Phi) is 4.04. The Bertz CT molecular complexity index is 1080. The fourth-order valence-corrected chi connectivity index (χ4v) is 3.53. The number of aliphatic carboxylic acids is 1. The standard InChI is InChI=1S/C20H16FN3O3/c1-11-14(8-22)18-19(17(21)16(11)13-5-3-2-4-6-13)27-20(23-18)24-9-12(10-24)7-15(25)26/h2-6,12H,7,9-10H2,1H3,(H,25,26). The van der Waals surface area contributed by atoms with Gasteiger partial charge in [0, 0.05) is 24.6 Å². The van der Waals surface area contributed by atoms with Crippen molar-refractivity contribution in [2.24, 2.45) is 5.92 Å². The number of rotatable bonds is 4. The molecule has 1 N–H and O–H groups in total. The van der Waals surface area contributed by atoms with Crippen LogP contribution in [0.15, 0.2) is 34.7 Å². The number of aromatic nitrogens is 1. The molecule has 0 aliphatic carbocycles. The maximum Gasteiger partial charge on any atom is 0.303 e. The van der Waals surface area contributed by atoms with Crippen LogP contribution in [0.3, 0.4) is 0 Å². The molecule has 0 radical (unpaired) electrons. The molecule has 0 spiro atoms. The number of oxazole rings is 1. The van der Waals surface area contributed by atoms with Crippen molar-refractivity contribution in [1.29, 1.82) is 5.26 Å². The van der Waals surface area contributed by atoms with Crippen molar-refractivity contribution in [3.8, 4) is 17.2 Å². The number of carboxylic acids is 1. The molecule has 7 heteroatoms. The monoisotopic (exact) mass is 365 g/mol. The number of halogens is 1. The minimum absolute atomic E-state index is 0.0133. The van der Waals surface area contributed by atoms with Gasteiger partial charge in [0.1, 0.15) is 11.6 Å². The van der Waals surface area contributed by atoms with Crippen LogP contribution >= 0.6 is 0 Å². The summed E-state index contributed by atoms with van der Waals surface area (Å²) in [6.45, 7) is 2.66. The highest BCUT2D eigenvalue weighted by atomic mass is 19.1. The molecule has 3 aromatic rings. The molecule has 6 nitrogen and oxygen atoms in total. The van der Waals surface area contributed by atoms with E-state index in [4.69, 9.17) is 9.52 Å². The summed E-state index contributed by atoms with van der Waals surface area (Å²) in [4.78, 5) is 16.9. The van der Waals surface area contributed by atoms with Gasteiger partial charge in [0.15, 0.2) is 11.4 Å². The lowest BCUT2D eigenvalue weighted by Gasteiger charge is -2.37. The molecule has 2 aromatic carbocycles. The molecule has 0 unspecified atom stereocenters. The first-order valence-corrected chi connectivity index (χ1v) is 8.54. The third-order valence-corrected chi connectivity index (χ3v) is 4.89. The van der Waals surface area contributed by atoms with Crippen LogP contribution in [0.5, 0.6) is 0 Å². The molecular weight excluding hydrogens is 349 g/mol. The largest absolute Gasteiger partial charge is 0.481 e. The number of fused-ring (bicyclic) bond motifs is 1. The van der Waals surface area contributed by atoms with E-state index in [1.165, 1.54) is 0 Å². The smallest absolute Gasteiger partial charge is 0.303 e. The van der Waals surface area contributed by atoms with Gasteiger partial charge in [-0.25, -0.2) is 4.39 Å². The van der Waals surface area contributed by atoms with Gasteiger partial charge < -0.3 is 14.4 Å². The number of anilines is 1. The average Bonchev–Trinajstić information content (AvgIpc) is 3.04. The van der Waals surface area contributed by atoms with Gasteiger partial charge in [-0.05, 0) is 18.1 Å². The van der Waals surface area contributed by atoms with Crippen molar-refractivity contribution in [3.05, 3.63) is 47.3 Å². The topological polar surface area (TPSA) is 90.4 Å². The van der Waals surface area contributed by atoms with E-state index in [1.54, 1.807) is 36.1 Å². The van der Waals surface area contributed by atoms with Crippen molar-refractivity contribution in [1.82, 2.24) is 4.98 Å². The maximum absolute atomic E-state index is 15.2. The van der Waals surface area contributed by atoms with Gasteiger partial charge in [-0.3, -0.25) is 4.79 Å². The quantitative estimate of drug-likeness (QED) is 0.758. The first-order valence-electron chi connectivity index (χ1n) is 8.54. The van der Waals surface area contributed by atoms with Gasteiger partial charge >= 0.3 is 5.97 Å². The van der Waals surface area contributed by atoms with E-state index in [0.717, 1.165) is 0 Å². The third-order valence-electron chi connectivity index (χ3n) is 4.89. The Hall–Kier alpha value is -3.40. The second-order valence-corrected chi connectivity index (χ2v) is 6.71. The first-order chi connectivity index (χ1) is 13.0. The van der Waals surface area contributed by atoms with Crippen LogP contribution in [0.1, 0.15) is 17.5 Å². The number of nitriles is 1. The van der Waals surface area contributed by atoms with Crippen LogP contribution < -0.4 is 4.90 Å². The van der Waals surface area contributed by atoms with E-state index in [0.29, 0.717) is 29.8 Å². The molecule has 4 rings (SSSR count). The van der Waals surface area contributed by atoms with E-state index in [9.17, 15) is 10.1 Å². The van der Waals surface area contributed by atoms with Crippen LogP contribution in [-0.4, -0.2) is 29.1 Å². The molecule has 0 saturated carbocycles. The molecule has 136 valence electrons. The minimum atomic E-state index is -0.849. The zero-order chi connectivity index (χ0) is 19.1. The summed E-state index contributed by atoms with van der Waals surface area (Å²) >= 11 is 0. The van der Waals surface area contributed by atoms with Crippen molar-refractivity contribution in [2.75, 3.05) is 18.0 Å². The number of nitrogens with zero attached hydrogens (tertiary/aromatic N) is 3. The Morgan fingerprint density at radius 1 is 1.41 bits per heavy atom. The Labute approximate surface area is 154 Å². The number of hydrogen-bond acceptors (Lipinski definition) is 5. The lowest BCUT2D eigenvalue weighted by atomic mass is 9.95. The van der Waals surface area contributed by atoms with Crippen LogP contribution in [-0.2, 0) is 4.79 Å². The van der Waals surface area contributed by atoms with Crippen molar-refractivity contribution >= 4 is 23.1 Å². The van der Waals surface area contributed by atoms with E-state index >= 15 is 4.39 Å². The van der Waals surface area contributed by atoms with E-state index in [2.05, 4.69) is 11.1 Å². The van der Waals surface area contributed by atoms with Crippen molar-refractivity contribution < 1.29 is 18.7 Å². The van der Waals surface area contributed by atoms with Crippen molar-refractivity contribution in [2.45, 2.75) is 13.3 Å². The van der Waals surface area contributed by atoms with Gasteiger partial charge in [0.05, 0.1) is 12.0 Å². The molecule has 1 aliphatic rings. The van der Waals surface area contributed by atoms with Gasteiger partial charge in [-0.1, -0.05) is 30.3 Å². The summed E-state index contributed by atoms with van der Waals surface area (Å²) in [6, 6.07) is 11.3. The zero-order valence-electron chi connectivity index (χ0n) is 14.6. The van der Waals surface area contributed by atoms with Gasteiger partial charge in [0.2, 0.25) is 0 Å². The maximum atomic E-state index is 15.2. The van der Waals surface area contributed by atoms with Crippen LogP contribution in [0.4, 0.5) is 10.4 Å². The minimum Gasteiger partial charge on any atom is -0.481 e. The first kappa shape index (κ1) is 17.0. The van der Waals surface area contributed by atoms with Crippen LogP contribution in [0.25, 0.3) is 22.2 Å². The van der Waals surface area contributed by atoms with Gasteiger partial charge in [0.25, 0.3) is 6.01 Å². The van der Waals surface area contributed by atoms with Gasteiger partial charge in [-0.2, -0.15) is 10.2 Å². The summed E-state index contributed by atoms with van der Waals surface area (Å²) in [5, 5.41) is 18.5. The molecule has 2 heterocycles. The molecule has 1 saturated heterocycles. The Balaban J connectivity index is 1.79. The molecular formula is C20H16FN3O3. The van der Waals surface area contributed by atoms with E-state index < -0.39 is 11.8 Å². The summed E-state index contributed by atoms with van der Waals surface area (Å²) in [5.41, 5.74) is 1.93. The predicted octanol–water partition coefficient (Wildman–Crippen LogP) is 3.72. The van der Waals surface area contributed by atoms with Gasteiger partial charge in [-0.15, -0.1) is 0 Å². The highest BCUT2D eigenvalue weighted by Crippen LogP contribution is 2.38. The predicted molar refractivity (Wildman–Crippen MR) is 96.8 cm³/mol. The normalized spacial score (nSPS) is 14.2. The molecule has 1 aliphatic heterocycles. The zero-order valence-corrected chi connectivity index (χ0v) is 14.6. The highest BCUT2D eigenvalue weighted by molar-refractivity contribution is 5.90.